The molecule has 0 spiro atoms. The van der Waals surface area contributed by atoms with Crippen LogP contribution >= 0.6 is 23.8 Å². The maximum absolute atomic E-state index is 12.5. The Labute approximate surface area is 182 Å². The van der Waals surface area contributed by atoms with Crippen molar-refractivity contribution in [1.82, 2.24) is 5.32 Å². The quantitative estimate of drug-likeness (QED) is 0.477. The van der Waals surface area contributed by atoms with Crippen LogP contribution in [-0.2, 0) is 5.41 Å². The summed E-state index contributed by atoms with van der Waals surface area (Å²) < 4.78 is 0. The summed E-state index contributed by atoms with van der Waals surface area (Å²) >= 11 is 11.2. The van der Waals surface area contributed by atoms with Gasteiger partial charge in [0.25, 0.3) is 5.91 Å². The summed E-state index contributed by atoms with van der Waals surface area (Å²) in [7, 11) is 0. The van der Waals surface area contributed by atoms with Crippen molar-refractivity contribution in [1.29, 1.82) is 0 Å². The van der Waals surface area contributed by atoms with E-state index < -0.39 is 0 Å². The second kappa shape index (κ2) is 8.76. The van der Waals surface area contributed by atoms with Gasteiger partial charge in [-0.25, -0.2) is 0 Å². The van der Waals surface area contributed by atoms with E-state index in [2.05, 4.69) is 55.7 Å². The number of benzene rings is 3. The highest BCUT2D eigenvalue weighted by atomic mass is 35.5. The van der Waals surface area contributed by atoms with Gasteiger partial charge in [-0.2, -0.15) is 0 Å². The van der Waals surface area contributed by atoms with Crippen LogP contribution in [0.5, 0.6) is 0 Å². The van der Waals surface area contributed by atoms with Crippen LogP contribution in [0.2, 0.25) is 5.02 Å². The van der Waals surface area contributed by atoms with Crippen LogP contribution < -0.4 is 10.6 Å². The van der Waals surface area contributed by atoms with E-state index >= 15 is 0 Å². The molecule has 0 bridgehead atoms. The summed E-state index contributed by atoms with van der Waals surface area (Å²) in [5.74, 6) is -0.265. The third kappa shape index (κ3) is 5.66. The summed E-state index contributed by atoms with van der Waals surface area (Å²) in [4.78, 5) is 12.5. The van der Waals surface area contributed by atoms with Crippen molar-refractivity contribution in [2.45, 2.75) is 26.2 Å². The number of nitrogens with one attached hydrogen (secondary N) is 2. The maximum atomic E-state index is 12.5. The first-order chi connectivity index (χ1) is 13.7. The fourth-order valence-corrected chi connectivity index (χ4v) is 3.28. The Morgan fingerprint density at radius 2 is 1.48 bits per heavy atom. The molecule has 0 saturated heterocycles. The first-order valence-electron chi connectivity index (χ1n) is 9.31. The SMILES string of the molecule is CC(C)(C)c1ccc(-c2ccc(C(=O)NC(=S)Nc3cccc(Cl)c3)cc2)cc1. The number of hydrogen-bond donors (Lipinski definition) is 2. The lowest BCUT2D eigenvalue weighted by Crippen LogP contribution is -2.34. The number of thiocarbonyl (C=S) groups is 1. The van der Waals surface area contributed by atoms with E-state index in [1.165, 1.54) is 5.56 Å². The number of carbonyl (C=O) groups is 1. The van der Waals surface area contributed by atoms with E-state index in [0.29, 0.717) is 10.6 Å². The van der Waals surface area contributed by atoms with E-state index in [9.17, 15) is 4.79 Å². The number of halogens is 1. The number of anilines is 1. The zero-order chi connectivity index (χ0) is 21.0. The van der Waals surface area contributed by atoms with Crippen molar-refractivity contribution in [3.05, 3.63) is 88.9 Å². The molecule has 3 rings (SSSR count). The summed E-state index contributed by atoms with van der Waals surface area (Å²) in [6, 6.07) is 23.1. The van der Waals surface area contributed by atoms with Gasteiger partial charge in [-0.3, -0.25) is 10.1 Å². The van der Waals surface area contributed by atoms with Crippen LogP contribution in [0, 0.1) is 0 Å². The lowest BCUT2D eigenvalue weighted by Gasteiger charge is -2.19. The van der Waals surface area contributed by atoms with Gasteiger partial charge >= 0.3 is 0 Å². The molecule has 0 aliphatic rings. The third-order valence-corrected chi connectivity index (χ3v) is 4.98. The molecular formula is C24H23ClN2OS. The Balaban J connectivity index is 1.64. The molecule has 2 N–H and O–H groups in total. The van der Waals surface area contributed by atoms with Crippen molar-refractivity contribution in [2.75, 3.05) is 5.32 Å². The molecule has 1 amide bonds. The molecule has 0 aromatic heterocycles. The minimum atomic E-state index is -0.265. The Kier molecular flexibility index (Phi) is 6.36. The van der Waals surface area contributed by atoms with Gasteiger partial charge in [-0.1, -0.05) is 74.8 Å². The topological polar surface area (TPSA) is 41.1 Å². The van der Waals surface area contributed by atoms with Crippen LogP contribution in [0.1, 0.15) is 36.7 Å². The van der Waals surface area contributed by atoms with Gasteiger partial charge in [0, 0.05) is 16.3 Å². The molecule has 0 saturated carbocycles. The van der Waals surface area contributed by atoms with E-state index in [0.717, 1.165) is 16.8 Å². The molecular weight excluding hydrogens is 400 g/mol. The Bertz CT molecular complexity index is 1020. The number of carbonyl (C=O) groups excluding carboxylic acids is 1. The van der Waals surface area contributed by atoms with Crippen LogP contribution in [0.25, 0.3) is 11.1 Å². The monoisotopic (exact) mass is 422 g/mol. The van der Waals surface area contributed by atoms with Gasteiger partial charge in [0.1, 0.15) is 0 Å². The summed E-state index contributed by atoms with van der Waals surface area (Å²) in [6.07, 6.45) is 0. The molecule has 3 nitrogen and oxygen atoms in total. The molecule has 3 aromatic carbocycles. The largest absolute Gasteiger partial charge is 0.332 e. The van der Waals surface area contributed by atoms with E-state index in [4.69, 9.17) is 23.8 Å². The average molecular weight is 423 g/mol. The van der Waals surface area contributed by atoms with Crippen LogP contribution in [0.3, 0.4) is 0 Å². The van der Waals surface area contributed by atoms with Crippen LogP contribution in [-0.4, -0.2) is 11.0 Å². The van der Waals surface area contributed by atoms with Crippen LogP contribution in [0.4, 0.5) is 5.69 Å². The minimum absolute atomic E-state index is 0.123. The van der Waals surface area contributed by atoms with E-state index in [1.54, 1.807) is 24.3 Å². The molecule has 0 unspecified atom stereocenters. The van der Waals surface area contributed by atoms with Crippen molar-refractivity contribution < 1.29 is 4.79 Å². The van der Waals surface area contributed by atoms with E-state index in [-0.39, 0.29) is 16.4 Å². The normalized spacial score (nSPS) is 11.0. The Hall–Kier alpha value is -2.69. The van der Waals surface area contributed by atoms with Crippen molar-refractivity contribution in [2.24, 2.45) is 0 Å². The Morgan fingerprint density at radius 1 is 0.897 bits per heavy atom. The predicted octanol–water partition coefficient (Wildman–Crippen LogP) is 6.43. The second-order valence-corrected chi connectivity index (χ2v) is 8.67. The molecule has 0 heterocycles. The highest BCUT2D eigenvalue weighted by Gasteiger charge is 2.13. The zero-order valence-electron chi connectivity index (χ0n) is 16.6. The van der Waals surface area contributed by atoms with Gasteiger partial charge in [0.2, 0.25) is 0 Å². The van der Waals surface area contributed by atoms with Gasteiger partial charge in [0.15, 0.2) is 5.11 Å². The molecule has 0 aliphatic heterocycles. The number of rotatable bonds is 3. The van der Waals surface area contributed by atoms with Crippen molar-refractivity contribution in [3.63, 3.8) is 0 Å². The maximum Gasteiger partial charge on any atom is 0.257 e. The smallest absolute Gasteiger partial charge is 0.257 e. The van der Waals surface area contributed by atoms with Gasteiger partial charge in [-0.15, -0.1) is 0 Å². The molecule has 0 radical (unpaired) electrons. The summed E-state index contributed by atoms with van der Waals surface area (Å²) in [5.41, 5.74) is 4.84. The van der Waals surface area contributed by atoms with Gasteiger partial charge in [-0.05, 0) is 64.7 Å². The van der Waals surface area contributed by atoms with E-state index in [1.807, 2.05) is 24.3 Å². The minimum Gasteiger partial charge on any atom is -0.332 e. The lowest BCUT2D eigenvalue weighted by atomic mass is 9.86. The molecule has 0 aliphatic carbocycles. The Morgan fingerprint density at radius 3 is 2.03 bits per heavy atom. The first-order valence-corrected chi connectivity index (χ1v) is 10.1. The van der Waals surface area contributed by atoms with Gasteiger partial charge in [0.05, 0.1) is 0 Å². The fourth-order valence-electron chi connectivity index (χ4n) is 2.88. The van der Waals surface area contributed by atoms with Crippen molar-refractivity contribution in [3.8, 4) is 11.1 Å². The molecule has 29 heavy (non-hydrogen) atoms. The summed E-state index contributed by atoms with van der Waals surface area (Å²) in [5, 5.41) is 6.45. The fraction of sp³-hybridized carbons (Fsp3) is 0.167. The third-order valence-electron chi connectivity index (χ3n) is 4.54. The first kappa shape index (κ1) is 21.0. The predicted molar refractivity (Wildman–Crippen MR) is 126 cm³/mol. The molecule has 0 fully saturated rings. The molecule has 5 heteroatoms. The zero-order valence-corrected chi connectivity index (χ0v) is 18.2. The molecule has 0 atom stereocenters. The lowest BCUT2D eigenvalue weighted by molar-refractivity contribution is 0.0978. The van der Waals surface area contributed by atoms with Crippen LogP contribution in [0.15, 0.2) is 72.8 Å². The number of hydrogen-bond acceptors (Lipinski definition) is 2. The second-order valence-electron chi connectivity index (χ2n) is 7.82. The van der Waals surface area contributed by atoms with Gasteiger partial charge < -0.3 is 5.32 Å². The standard InChI is InChI=1S/C24H23ClN2OS/c1-24(2,3)19-13-11-17(12-14-19)16-7-9-18(10-8-16)22(28)27-23(29)26-21-6-4-5-20(25)15-21/h4-15H,1-3H3,(H2,26,27,28,29). The molecule has 148 valence electrons. The summed E-state index contributed by atoms with van der Waals surface area (Å²) in [6.45, 7) is 6.59. The van der Waals surface area contributed by atoms with Crippen molar-refractivity contribution >= 4 is 40.5 Å². The highest BCUT2D eigenvalue weighted by molar-refractivity contribution is 7.80. The number of amides is 1. The highest BCUT2D eigenvalue weighted by Crippen LogP contribution is 2.26. The molecule has 3 aromatic rings. The average Bonchev–Trinajstić information content (AvgIpc) is 2.67.